The molecule has 3 saturated heterocycles. The van der Waals surface area contributed by atoms with Crippen molar-refractivity contribution >= 4 is 29.7 Å². The van der Waals surface area contributed by atoms with Crippen LogP contribution in [0.5, 0.6) is 0 Å². The van der Waals surface area contributed by atoms with E-state index in [9.17, 15) is 90.4 Å². The van der Waals surface area contributed by atoms with Crippen LogP contribution in [-0.2, 0) is 52.4 Å². The summed E-state index contributed by atoms with van der Waals surface area (Å²) in [6.07, 6.45) is 0. The maximum absolute atomic E-state index is 13.9. The summed E-state index contributed by atoms with van der Waals surface area (Å²) in [6, 6.07) is 0. The number of aliphatic hydroxyl groups excluding tert-OH is 2. The van der Waals surface area contributed by atoms with E-state index in [4.69, 9.17) is 28.4 Å². The number of ketones is 1. The zero-order valence-electron chi connectivity index (χ0n) is 46.2. The van der Waals surface area contributed by atoms with Gasteiger partial charge in [-0.1, -0.05) is 27.7 Å². The number of aliphatic hydroxyl groups is 9. The second kappa shape index (κ2) is 23.5. The van der Waals surface area contributed by atoms with Crippen LogP contribution >= 0.6 is 0 Å². The largest absolute Gasteiger partial charge is 0.480 e. The van der Waals surface area contributed by atoms with E-state index in [-0.39, 0.29) is 32.8 Å². The molecule has 10 unspecified atom stereocenters. The number of hydrogen-bond donors (Lipinski definition) is 13. The molecule has 3 fully saturated rings. The van der Waals surface area contributed by atoms with Gasteiger partial charge in [0.05, 0.1) is 88.0 Å². The molecule has 27 heteroatoms. The van der Waals surface area contributed by atoms with Crippen LogP contribution in [0.25, 0.3) is 0 Å². The van der Waals surface area contributed by atoms with Gasteiger partial charge in [-0.2, -0.15) is 0 Å². The van der Waals surface area contributed by atoms with Crippen LogP contribution < -0.4 is 0 Å². The zero-order chi connectivity index (χ0) is 58.9. The van der Waals surface area contributed by atoms with Crippen LogP contribution in [0.3, 0.4) is 0 Å². The van der Waals surface area contributed by atoms with E-state index in [2.05, 4.69) is 0 Å². The van der Waals surface area contributed by atoms with Crippen LogP contribution in [0.2, 0.25) is 0 Å². The predicted octanol–water partition coefficient (Wildman–Crippen LogP) is -2.83. The zero-order valence-corrected chi connectivity index (χ0v) is 46.2. The van der Waals surface area contributed by atoms with E-state index in [1.54, 1.807) is 13.8 Å². The fraction of sp³-hybridized carbons (Fsp3) is 0.898. The SMILES string of the molecule is CC1C(C)(O)C(O)(CO)O[C@](C)(COC[C@@]2(C)C(C)C(C)(O)[C@@](C)(COC[C@@]3(C)C(C)C(C)(O)[C@@](C)(CO)OC3(C)O)OC2(O)OCC(=O)CN(CCN(CCN(CC(=O)O)CC(=O)O)CC(=O)O)CC(=O)O)C1(C)O. The smallest absolute Gasteiger partial charge is 0.317 e. The van der Waals surface area contributed by atoms with E-state index < -0.39 is 187 Å². The van der Waals surface area contributed by atoms with E-state index in [1.807, 2.05) is 0 Å². The molecule has 0 amide bonds. The maximum Gasteiger partial charge on any atom is 0.317 e. The van der Waals surface area contributed by atoms with Gasteiger partial charge in [-0.25, -0.2) is 0 Å². The third kappa shape index (κ3) is 13.0. The Morgan fingerprint density at radius 3 is 1.25 bits per heavy atom. The Kier molecular flexibility index (Phi) is 20.8. The Morgan fingerprint density at radius 1 is 0.447 bits per heavy atom. The number of Topliss-reactive ketones (excluding diaryl/α,β-unsaturated/α-hetero) is 1. The van der Waals surface area contributed by atoms with E-state index >= 15 is 0 Å². The van der Waals surface area contributed by atoms with Gasteiger partial charge in [0.25, 0.3) is 5.97 Å². The van der Waals surface area contributed by atoms with Crippen LogP contribution in [-0.4, -0.2) is 273 Å². The lowest BCUT2D eigenvalue weighted by molar-refractivity contribution is -0.498. The lowest BCUT2D eigenvalue weighted by Gasteiger charge is -2.63. The fourth-order valence-electron chi connectivity index (χ4n) is 10.8. The molecule has 442 valence electrons. The molecule has 15 atom stereocenters. The maximum atomic E-state index is 13.9. The molecule has 3 aliphatic heterocycles. The molecule has 0 radical (unpaired) electrons. The van der Waals surface area contributed by atoms with Crippen molar-refractivity contribution < 1.29 is 119 Å². The summed E-state index contributed by atoms with van der Waals surface area (Å²) < 4.78 is 36.7. The highest BCUT2D eigenvalue weighted by Crippen LogP contribution is 2.58. The minimum atomic E-state index is -2.96. The first-order chi connectivity index (χ1) is 34.3. The Hall–Kier alpha value is -3.17. The average molecular weight is 1100 g/mol. The first kappa shape index (κ1) is 67.1. The van der Waals surface area contributed by atoms with Crippen molar-refractivity contribution in [1.29, 1.82) is 0 Å². The van der Waals surface area contributed by atoms with Gasteiger partial charge in [0.1, 0.15) is 35.6 Å². The van der Waals surface area contributed by atoms with Crippen molar-refractivity contribution in [2.45, 2.75) is 147 Å². The molecule has 0 saturated carbocycles. The van der Waals surface area contributed by atoms with Crippen LogP contribution in [0.4, 0.5) is 0 Å². The molecule has 0 aromatic carbocycles. The van der Waals surface area contributed by atoms with Gasteiger partial charge >= 0.3 is 23.9 Å². The second-order valence-electron chi connectivity index (χ2n) is 23.3. The second-order valence-corrected chi connectivity index (χ2v) is 23.3. The average Bonchev–Trinajstić information content (AvgIpc) is 3.28. The van der Waals surface area contributed by atoms with Gasteiger partial charge in [-0.3, -0.25) is 38.7 Å². The Morgan fingerprint density at radius 2 is 0.816 bits per heavy atom. The summed E-state index contributed by atoms with van der Waals surface area (Å²) >= 11 is 0. The number of rotatable bonds is 29. The third-order valence-electron chi connectivity index (χ3n) is 18.1. The summed E-state index contributed by atoms with van der Waals surface area (Å²) in [6.45, 7) is 9.19. The quantitative estimate of drug-likeness (QED) is 0.0336. The first-order valence-corrected chi connectivity index (χ1v) is 25.0. The lowest BCUT2D eigenvalue weighted by atomic mass is 9.58. The molecule has 3 rings (SSSR count). The van der Waals surface area contributed by atoms with Crippen molar-refractivity contribution in [2.75, 3.05) is 105 Å². The van der Waals surface area contributed by atoms with Crippen molar-refractivity contribution in [2.24, 2.45) is 28.6 Å². The van der Waals surface area contributed by atoms with Crippen LogP contribution in [0.15, 0.2) is 0 Å². The third-order valence-corrected chi connectivity index (χ3v) is 18.1. The Bertz CT molecular complexity index is 2060. The standard InChI is InChI=1S/C49H87N3O24/c1-30-38(4,47(13,68)74-40(6,24-53)43(30,9)64)26-71-29-42(8)44(10,65)31(2)39(5,27-72-28-41(7)45(11,66)32(3)46(12,67)48(69,25-54)75-41)49(70,76-42)73-23-33(55)18-51(20-35(58)59)16-14-50(19-34(56)57)15-17-52(21-36(60)61)22-37(62)63/h30-32,53-54,64-70H,14-29H2,1-13H3,(H,56,57)(H,58,59)(H,60,61)(H,62,63)/t30?,31?,32?,38-,39-,40+,41+,42+,43?,44?,45?,46?,47?,48?,49?/m0/s1. The van der Waals surface area contributed by atoms with Crippen molar-refractivity contribution in [1.82, 2.24) is 14.7 Å². The number of ether oxygens (including phenoxy) is 6. The molecule has 0 aromatic rings. The molecule has 0 spiro atoms. The van der Waals surface area contributed by atoms with E-state index in [0.717, 1.165) is 9.80 Å². The number of aliphatic carboxylic acids is 4. The molecule has 3 heterocycles. The molecule has 0 aliphatic carbocycles. The molecule has 27 nitrogen and oxygen atoms in total. The molecular formula is C49H87N3O24. The molecule has 0 aromatic heterocycles. The topological polar surface area (TPSA) is 413 Å². The highest BCUT2D eigenvalue weighted by Gasteiger charge is 2.72. The summed E-state index contributed by atoms with van der Waals surface area (Å²) in [5.74, 6) is -17.0. The lowest BCUT2D eigenvalue weighted by Crippen LogP contribution is -2.78. The van der Waals surface area contributed by atoms with Gasteiger partial charge in [-0.05, 0) is 62.3 Å². The molecule has 3 aliphatic rings. The Balaban J connectivity index is 2.01. The van der Waals surface area contributed by atoms with Crippen molar-refractivity contribution in [3.8, 4) is 0 Å². The summed E-state index contributed by atoms with van der Waals surface area (Å²) in [5, 5.41) is 141. The summed E-state index contributed by atoms with van der Waals surface area (Å²) in [7, 11) is 0. The number of hydrogen-bond acceptors (Lipinski definition) is 23. The number of carbonyl (C=O) groups excluding carboxylic acids is 1. The minimum Gasteiger partial charge on any atom is -0.480 e. The van der Waals surface area contributed by atoms with Gasteiger partial charge in [-0.15, -0.1) is 0 Å². The van der Waals surface area contributed by atoms with E-state index in [0.29, 0.717) is 0 Å². The van der Waals surface area contributed by atoms with Crippen LogP contribution in [0.1, 0.15) is 90.0 Å². The molecule has 76 heavy (non-hydrogen) atoms. The normalized spacial score (nSPS) is 41.9. The number of nitrogens with zero attached hydrogens (tertiary/aromatic N) is 3. The fourth-order valence-corrected chi connectivity index (χ4v) is 10.8. The first-order valence-electron chi connectivity index (χ1n) is 25.0. The monoisotopic (exact) mass is 1100 g/mol. The summed E-state index contributed by atoms with van der Waals surface area (Å²) in [5.41, 5.74) is -16.8. The number of carboxylic acids is 4. The van der Waals surface area contributed by atoms with Crippen molar-refractivity contribution in [3.05, 3.63) is 0 Å². The minimum absolute atomic E-state index is 0.166. The predicted molar refractivity (Wildman–Crippen MR) is 262 cm³/mol. The molecule has 13 N–H and O–H groups in total. The highest BCUT2D eigenvalue weighted by molar-refractivity contribution is 5.82. The number of carbonyl (C=O) groups is 5. The molecular weight excluding hydrogens is 1010 g/mol. The molecule has 0 bridgehead atoms. The van der Waals surface area contributed by atoms with Gasteiger partial charge < -0.3 is 94.8 Å². The highest BCUT2D eigenvalue weighted by atomic mass is 16.8. The Labute approximate surface area is 442 Å². The van der Waals surface area contributed by atoms with Crippen molar-refractivity contribution in [3.63, 3.8) is 0 Å². The van der Waals surface area contributed by atoms with Gasteiger partial charge in [0.15, 0.2) is 11.6 Å². The van der Waals surface area contributed by atoms with Crippen LogP contribution in [0, 0.1) is 28.6 Å². The number of carboxylic acid groups (broad SMARTS) is 4. The summed E-state index contributed by atoms with van der Waals surface area (Å²) in [4.78, 5) is 63.9. The van der Waals surface area contributed by atoms with Gasteiger partial charge in [0.2, 0.25) is 5.79 Å². The van der Waals surface area contributed by atoms with Gasteiger partial charge in [0, 0.05) is 49.3 Å². The van der Waals surface area contributed by atoms with E-state index in [1.165, 1.54) is 81.1 Å².